The number of amides is 1. The number of rotatable bonds is 6. The summed E-state index contributed by atoms with van der Waals surface area (Å²) in [5, 5.41) is 3.79. The van der Waals surface area contributed by atoms with Crippen LogP contribution in [0.4, 0.5) is 5.69 Å². The van der Waals surface area contributed by atoms with Crippen LogP contribution in [0.5, 0.6) is 5.75 Å². The van der Waals surface area contributed by atoms with Crippen LogP contribution < -0.4 is 10.1 Å². The molecule has 0 aliphatic carbocycles. The summed E-state index contributed by atoms with van der Waals surface area (Å²) < 4.78 is 5.19. The third-order valence-corrected chi connectivity index (χ3v) is 4.15. The molecular formula is C18H19Cl2NO2. The quantitative estimate of drug-likeness (QED) is 0.769. The fraction of sp³-hybridized carbons (Fsp3) is 0.278. The van der Waals surface area contributed by atoms with Crippen molar-refractivity contribution >= 4 is 34.8 Å². The van der Waals surface area contributed by atoms with Gasteiger partial charge >= 0.3 is 0 Å². The van der Waals surface area contributed by atoms with Crippen molar-refractivity contribution < 1.29 is 9.53 Å². The normalized spacial score (nSPS) is 10.4. The van der Waals surface area contributed by atoms with Crippen molar-refractivity contribution in [2.24, 2.45) is 0 Å². The minimum Gasteiger partial charge on any atom is -0.497 e. The first kappa shape index (κ1) is 17.6. The largest absolute Gasteiger partial charge is 0.497 e. The van der Waals surface area contributed by atoms with Crippen LogP contribution in [0, 0.1) is 6.92 Å². The highest BCUT2D eigenvalue weighted by atomic mass is 35.5. The molecule has 2 aromatic rings. The average Bonchev–Trinajstić information content (AvgIpc) is 2.51. The second kappa shape index (κ2) is 8.23. The number of hydrogen-bond donors (Lipinski definition) is 1. The van der Waals surface area contributed by atoms with Crippen molar-refractivity contribution in [1.82, 2.24) is 0 Å². The molecule has 2 rings (SSSR count). The van der Waals surface area contributed by atoms with Crippen LogP contribution >= 0.6 is 23.2 Å². The van der Waals surface area contributed by atoms with Gasteiger partial charge in [0, 0.05) is 11.4 Å². The van der Waals surface area contributed by atoms with E-state index in [2.05, 4.69) is 5.32 Å². The molecule has 0 saturated carbocycles. The van der Waals surface area contributed by atoms with Gasteiger partial charge in [-0.3, -0.25) is 4.79 Å². The molecule has 0 aliphatic heterocycles. The monoisotopic (exact) mass is 351 g/mol. The summed E-state index contributed by atoms with van der Waals surface area (Å²) in [6.45, 7) is 2.05. The lowest BCUT2D eigenvalue weighted by Gasteiger charge is -2.09. The van der Waals surface area contributed by atoms with Gasteiger partial charge in [-0.05, 0) is 61.2 Å². The third kappa shape index (κ3) is 5.15. The van der Waals surface area contributed by atoms with Crippen molar-refractivity contribution in [3.63, 3.8) is 0 Å². The Bertz CT molecular complexity index is 701. The molecule has 0 spiro atoms. The van der Waals surface area contributed by atoms with Crippen molar-refractivity contribution in [2.45, 2.75) is 26.2 Å². The lowest BCUT2D eigenvalue weighted by molar-refractivity contribution is -0.116. The summed E-state index contributed by atoms with van der Waals surface area (Å²) in [6.07, 6.45) is 2.05. The molecule has 0 radical (unpaired) electrons. The Morgan fingerprint density at radius 1 is 1.17 bits per heavy atom. The predicted octanol–water partition coefficient (Wildman–Crippen LogP) is 5.27. The number of hydrogen-bond acceptors (Lipinski definition) is 2. The Labute approximate surface area is 146 Å². The van der Waals surface area contributed by atoms with Gasteiger partial charge in [0.25, 0.3) is 0 Å². The van der Waals surface area contributed by atoms with Crippen LogP contribution in [0.15, 0.2) is 36.4 Å². The van der Waals surface area contributed by atoms with Gasteiger partial charge in [0.15, 0.2) is 0 Å². The number of benzene rings is 2. The number of carbonyl (C=O) groups is 1. The maximum Gasteiger partial charge on any atom is 0.224 e. The number of aryl methyl sites for hydroxylation is 2. The van der Waals surface area contributed by atoms with E-state index in [9.17, 15) is 4.79 Å². The van der Waals surface area contributed by atoms with Crippen molar-refractivity contribution in [3.8, 4) is 5.75 Å². The van der Waals surface area contributed by atoms with Crippen LogP contribution in [-0.2, 0) is 11.2 Å². The molecule has 0 aliphatic rings. The topological polar surface area (TPSA) is 38.3 Å². The van der Waals surface area contributed by atoms with Crippen LogP contribution in [0.25, 0.3) is 0 Å². The zero-order valence-electron chi connectivity index (χ0n) is 13.2. The number of nitrogens with one attached hydrogen (secondary N) is 1. The van der Waals surface area contributed by atoms with E-state index in [1.165, 1.54) is 11.1 Å². The van der Waals surface area contributed by atoms with Crippen molar-refractivity contribution in [2.75, 3.05) is 12.4 Å². The molecule has 2 aromatic carbocycles. The molecule has 0 unspecified atom stereocenters. The van der Waals surface area contributed by atoms with Crippen LogP contribution in [0.3, 0.4) is 0 Å². The molecule has 0 atom stereocenters. The smallest absolute Gasteiger partial charge is 0.224 e. The highest BCUT2D eigenvalue weighted by Crippen LogP contribution is 2.25. The van der Waals surface area contributed by atoms with Crippen molar-refractivity contribution in [1.29, 1.82) is 0 Å². The average molecular weight is 352 g/mol. The maximum atomic E-state index is 12.0. The van der Waals surface area contributed by atoms with E-state index in [0.29, 0.717) is 22.2 Å². The molecular weight excluding hydrogens is 333 g/mol. The first-order chi connectivity index (χ1) is 11.0. The van der Waals surface area contributed by atoms with Crippen LogP contribution in [-0.4, -0.2) is 13.0 Å². The fourth-order valence-electron chi connectivity index (χ4n) is 2.32. The van der Waals surface area contributed by atoms with Gasteiger partial charge in [-0.2, -0.15) is 0 Å². The summed E-state index contributed by atoms with van der Waals surface area (Å²) in [4.78, 5) is 12.0. The van der Waals surface area contributed by atoms with E-state index < -0.39 is 0 Å². The summed E-state index contributed by atoms with van der Waals surface area (Å²) in [5.41, 5.74) is 2.98. The Morgan fingerprint density at radius 3 is 2.61 bits per heavy atom. The lowest BCUT2D eigenvalue weighted by atomic mass is 10.0. The summed E-state index contributed by atoms with van der Waals surface area (Å²) in [5.74, 6) is 0.793. The first-order valence-corrected chi connectivity index (χ1v) is 8.13. The van der Waals surface area contributed by atoms with E-state index >= 15 is 0 Å². The number of carbonyl (C=O) groups excluding carboxylic acids is 1. The Kier molecular flexibility index (Phi) is 6.31. The van der Waals surface area contributed by atoms with Gasteiger partial charge in [0.2, 0.25) is 5.91 Å². The van der Waals surface area contributed by atoms with Gasteiger partial charge in [-0.25, -0.2) is 0 Å². The molecule has 122 valence electrons. The fourth-order valence-corrected chi connectivity index (χ4v) is 2.77. The summed E-state index contributed by atoms with van der Waals surface area (Å²) in [7, 11) is 1.65. The highest BCUT2D eigenvalue weighted by Gasteiger charge is 2.07. The standard InChI is InChI=1S/C18H19Cl2NO2/c1-12-10-15(23-2)8-6-13(12)4-3-5-18(22)21-17-9-7-14(19)11-16(17)20/h6-11H,3-5H2,1-2H3,(H,21,22). The molecule has 0 saturated heterocycles. The van der Waals surface area contributed by atoms with Crippen molar-refractivity contribution in [3.05, 3.63) is 57.6 Å². The molecule has 0 aromatic heterocycles. The zero-order valence-corrected chi connectivity index (χ0v) is 14.7. The number of ether oxygens (including phenoxy) is 1. The Balaban J connectivity index is 1.85. The maximum absolute atomic E-state index is 12.0. The summed E-state index contributed by atoms with van der Waals surface area (Å²) >= 11 is 11.9. The number of anilines is 1. The summed E-state index contributed by atoms with van der Waals surface area (Å²) in [6, 6.07) is 11.0. The van der Waals surface area contributed by atoms with Gasteiger partial charge < -0.3 is 10.1 Å². The van der Waals surface area contributed by atoms with E-state index in [-0.39, 0.29) is 5.91 Å². The van der Waals surface area contributed by atoms with E-state index in [4.69, 9.17) is 27.9 Å². The molecule has 0 fully saturated rings. The SMILES string of the molecule is COc1ccc(CCCC(=O)Nc2ccc(Cl)cc2Cl)c(C)c1. The second-order valence-corrected chi connectivity index (χ2v) is 6.16. The Hall–Kier alpha value is -1.71. The number of methoxy groups -OCH3 is 1. The van der Waals surface area contributed by atoms with E-state index in [1.54, 1.807) is 25.3 Å². The Morgan fingerprint density at radius 2 is 1.96 bits per heavy atom. The highest BCUT2D eigenvalue weighted by molar-refractivity contribution is 6.36. The predicted molar refractivity (Wildman–Crippen MR) is 95.8 cm³/mol. The molecule has 0 heterocycles. The third-order valence-electron chi connectivity index (χ3n) is 3.60. The van der Waals surface area contributed by atoms with Crippen LogP contribution in [0.1, 0.15) is 24.0 Å². The zero-order chi connectivity index (χ0) is 16.8. The molecule has 1 amide bonds. The minimum atomic E-state index is -0.0552. The molecule has 3 nitrogen and oxygen atoms in total. The minimum absolute atomic E-state index is 0.0552. The molecule has 1 N–H and O–H groups in total. The van der Waals surface area contributed by atoms with Gasteiger partial charge in [0.05, 0.1) is 17.8 Å². The molecule has 23 heavy (non-hydrogen) atoms. The number of halogens is 2. The van der Waals surface area contributed by atoms with Crippen LogP contribution in [0.2, 0.25) is 10.0 Å². The first-order valence-electron chi connectivity index (χ1n) is 7.38. The molecule has 5 heteroatoms. The van der Waals surface area contributed by atoms with Gasteiger partial charge in [0.1, 0.15) is 5.75 Å². The van der Waals surface area contributed by atoms with Gasteiger partial charge in [-0.15, -0.1) is 0 Å². The second-order valence-electron chi connectivity index (χ2n) is 5.32. The van der Waals surface area contributed by atoms with E-state index in [0.717, 1.165) is 18.6 Å². The van der Waals surface area contributed by atoms with E-state index in [1.807, 2.05) is 25.1 Å². The lowest BCUT2D eigenvalue weighted by Crippen LogP contribution is -2.12. The van der Waals surface area contributed by atoms with Gasteiger partial charge in [-0.1, -0.05) is 29.3 Å². The molecule has 0 bridgehead atoms.